The second-order valence-corrected chi connectivity index (χ2v) is 3.67. The van der Waals surface area contributed by atoms with E-state index in [9.17, 15) is 0 Å². The smallest absolute Gasteiger partial charge is 0.0731 e. The zero-order valence-electron chi connectivity index (χ0n) is 7.41. The molecule has 0 spiro atoms. The molecule has 0 unspecified atom stereocenters. The van der Waals surface area contributed by atoms with Crippen molar-refractivity contribution >= 4 is 0 Å². The monoisotopic (exact) mass is 171 g/mol. The molecule has 1 N–H and O–H groups in total. The molecule has 3 nitrogen and oxygen atoms in total. The number of hydrogen-bond acceptors (Lipinski definition) is 3. The van der Waals surface area contributed by atoms with Gasteiger partial charge in [0.1, 0.15) is 0 Å². The molecule has 0 bridgehead atoms. The van der Waals surface area contributed by atoms with Crippen LogP contribution in [0.15, 0.2) is 0 Å². The number of aliphatic hydroxyl groups is 1. The number of aliphatic hydroxyl groups excluding tert-OH is 1. The van der Waals surface area contributed by atoms with Gasteiger partial charge in [0.15, 0.2) is 0 Å². The van der Waals surface area contributed by atoms with Gasteiger partial charge in [-0.3, -0.25) is 4.90 Å². The molecule has 1 saturated carbocycles. The highest BCUT2D eigenvalue weighted by Gasteiger charge is 2.38. The molecule has 2 fully saturated rings. The van der Waals surface area contributed by atoms with Gasteiger partial charge in [-0.25, -0.2) is 0 Å². The van der Waals surface area contributed by atoms with Gasteiger partial charge in [0.05, 0.1) is 12.7 Å². The molecule has 1 aliphatic carbocycles. The van der Waals surface area contributed by atoms with Crippen LogP contribution in [0.3, 0.4) is 0 Å². The van der Waals surface area contributed by atoms with Gasteiger partial charge in [0.2, 0.25) is 0 Å². The normalized spacial score (nSPS) is 35.8. The maximum atomic E-state index is 8.71. The van der Waals surface area contributed by atoms with Gasteiger partial charge in [-0.05, 0) is 19.3 Å². The predicted molar refractivity (Wildman–Crippen MR) is 46.0 cm³/mol. The highest BCUT2D eigenvalue weighted by atomic mass is 16.5. The summed E-state index contributed by atoms with van der Waals surface area (Å²) in [5, 5.41) is 8.71. The molecule has 3 heteroatoms. The number of hydrogen-bond donors (Lipinski definition) is 1. The van der Waals surface area contributed by atoms with Crippen LogP contribution in [-0.2, 0) is 4.74 Å². The fourth-order valence-electron chi connectivity index (χ4n) is 2.10. The molecule has 12 heavy (non-hydrogen) atoms. The first kappa shape index (κ1) is 8.48. The second kappa shape index (κ2) is 3.73. The van der Waals surface area contributed by atoms with Gasteiger partial charge in [-0.1, -0.05) is 0 Å². The van der Waals surface area contributed by atoms with E-state index in [-0.39, 0.29) is 0 Å². The number of morpholine rings is 1. The standard InChI is InChI=1S/C9H17NO2/c11-6-1-4-10-5-7-12-9-3-2-8(9)10/h8-9,11H,1-7H2/t8-,9+/m1/s1. The molecule has 0 radical (unpaired) electrons. The molecular formula is C9H17NO2. The van der Waals surface area contributed by atoms with Crippen molar-refractivity contribution in [3.63, 3.8) is 0 Å². The van der Waals surface area contributed by atoms with Crippen LogP contribution in [0.5, 0.6) is 0 Å². The summed E-state index contributed by atoms with van der Waals surface area (Å²) in [5.74, 6) is 0. The molecule has 1 heterocycles. The van der Waals surface area contributed by atoms with E-state index in [4.69, 9.17) is 9.84 Å². The zero-order valence-corrected chi connectivity index (χ0v) is 7.41. The van der Waals surface area contributed by atoms with Gasteiger partial charge in [-0.2, -0.15) is 0 Å². The van der Waals surface area contributed by atoms with Crippen LogP contribution in [0, 0.1) is 0 Å². The van der Waals surface area contributed by atoms with Crippen molar-refractivity contribution in [3.05, 3.63) is 0 Å². The van der Waals surface area contributed by atoms with Crippen molar-refractivity contribution in [1.82, 2.24) is 4.90 Å². The quantitative estimate of drug-likeness (QED) is 0.660. The van der Waals surface area contributed by atoms with Gasteiger partial charge in [0, 0.05) is 25.7 Å². The molecule has 2 atom stereocenters. The van der Waals surface area contributed by atoms with E-state index in [0.717, 1.165) is 26.1 Å². The van der Waals surface area contributed by atoms with Crippen molar-refractivity contribution in [2.45, 2.75) is 31.4 Å². The Balaban J connectivity index is 1.79. The molecule has 2 rings (SSSR count). The van der Waals surface area contributed by atoms with Crippen molar-refractivity contribution in [2.24, 2.45) is 0 Å². The maximum absolute atomic E-state index is 8.71. The Hall–Kier alpha value is -0.120. The van der Waals surface area contributed by atoms with Crippen LogP contribution in [0.25, 0.3) is 0 Å². The Morgan fingerprint density at radius 3 is 3.00 bits per heavy atom. The summed E-state index contributed by atoms with van der Waals surface area (Å²) in [6, 6.07) is 0.672. The van der Waals surface area contributed by atoms with E-state index in [0.29, 0.717) is 18.8 Å². The van der Waals surface area contributed by atoms with Gasteiger partial charge in [-0.15, -0.1) is 0 Å². The van der Waals surface area contributed by atoms with Crippen molar-refractivity contribution in [1.29, 1.82) is 0 Å². The van der Waals surface area contributed by atoms with Crippen molar-refractivity contribution in [2.75, 3.05) is 26.3 Å². The molecule has 2 aliphatic rings. The van der Waals surface area contributed by atoms with Crippen LogP contribution in [0.4, 0.5) is 0 Å². The van der Waals surface area contributed by atoms with E-state index in [1.54, 1.807) is 0 Å². The van der Waals surface area contributed by atoms with Gasteiger partial charge < -0.3 is 9.84 Å². The number of nitrogens with zero attached hydrogens (tertiary/aromatic N) is 1. The Kier molecular flexibility index (Phi) is 2.63. The first-order valence-corrected chi connectivity index (χ1v) is 4.88. The van der Waals surface area contributed by atoms with Crippen molar-refractivity contribution < 1.29 is 9.84 Å². The third-order valence-electron chi connectivity index (χ3n) is 2.96. The number of rotatable bonds is 3. The van der Waals surface area contributed by atoms with E-state index < -0.39 is 0 Å². The average molecular weight is 171 g/mol. The third kappa shape index (κ3) is 1.49. The molecule has 0 aromatic carbocycles. The minimum Gasteiger partial charge on any atom is -0.396 e. The Bertz CT molecular complexity index is 151. The van der Waals surface area contributed by atoms with E-state index in [1.807, 2.05) is 0 Å². The summed E-state index contributed by atoms with van der Waals surface area (Å²) >= 11 is 0. The van der Waals surface area contributed by atoms with Crippen LogP contribution in [-0.4, -0.2) is 48.5 Å². The lowest BCUT2D eigenvalue weighted by molar-refractivity contribution is -0.121. The average Bonchev–Trinajstić information content (AvgIpc) is 2.04. The van der Waals surface area contributed by atoms with E-state index >= 15 is 0 Å². The van der Waals surface area contributed by atoms with Crippen LogP contribution < -0.4 is 0 Å². The Morgan fingerprint density at radius 1 is 1.42 bits per heavy atom. The molecule has 0 aromatic rings. The summed E-state index contributed by atoms with van der Waals surface area (Å²) in [7, 11) is 0. The molecule has 70 valence electrons. The molecule has 0 amide bonds. The first-order valence-electron chi connectivity index (χ1n) is 4.88. The van der Waals surface area contributed by atoms with Crippen molar-refractivity contribution in [3.8, 4) is 0 Å². The first-order chi connectivity index (χ1) is 5.92. The molecule has 0 aromatic heterocycles. The lowest BCUT2D eigenvalue weighted by Crippen LogP contribution is -2.57. The van der Waals surface area contributed by atoms with Crippen LogP contribution >= 0.6 is 0 Å². The molecule has 1 saturated heterocycles. The summed E-state index contributed by atoms with van der Waals surface area (Å²) in [6.07, 6.45) is 3.94. The van der Waals surface area contributed by atoms with Gasteiger partial charge in [0.25, 0.3) is 0 Å². The summed E-state index contributed by atoms with van der Waals surface area (Å²) in [4.78, 5) is 2.47. The van der Waals surface area contributed by atoms with Gasteiger partial charge >= 0.3 is 0 Å². The summed E-state index contributed by atoms with van der Waals surface area (Å²) in [5.41, 5.74) is 0. The topological polar surface area (TPSA) is 32.7 Å². The SMILES string of the molecule is OCCCN1CCO[C@H]2CC[C@H]21. The third-order valence-corrected chi connectivity index (χ3v) is 2.96. The van der Waals surface area contributed by atoms with E-state index in [2.05, 4.69) is 4.90 Å². The highest BCUT2D eigenvalue weighted by Crippen LogP contribution is 2.31. The minimum atomic E-state index is 0.314. The number of ether oxygens (including phenoxy) is 1. The highest BCUT2D eigenvalue weighted by molar-refractivity contribution is 4.92. The largest absolute Gasteiger partial charge is 0.396 e. The predicted octanol–water partition coefficient (Wildman–Crippen LogP) is 0.232. The zero-order chi connectivity index (χ0) is 8.39. The summed E-state index contributed by atoms with van der Waals surface area (Å²) < 4.78 is 5.58. The van der Waals surface area contributed by atoms with Crippen LogP contribution in [0.1, 0.15) is 19.3 Å². The maximum Gasteiger partial charge on any atom is 0.0731 e. The Labute approximate surface area is 73.3 Å². The lowest BCUT2D eigenvalue weighted by Gasteiger charge is -2.48. The lowest BCUT2D eigenvalue weighted by atomic mass is 9.86. The molecule has 1 aliphatic heterocycles. The second-order valence-electron chi connectivity index (χ2n) is 3.67. The van der Waals surface area contributed by atoms with E-state index in [1.165, 1.54) is 12.8 Å². The minimum absolute atomic E-state index is 0.314. The fraction of sp³-hybridized carbons (Fsp3) is 1.00. The summed E-state index contributed by atoms with van der Waals surface area (Å²) in [6.45, 7) is 3.30. The Morgan fingerprint density at radius 2 is 2.33 bits per heavy atom. The number of fused-ring (bicyclic) bond motifs is 1. The molecular weight excluding hydrogens is 154 g/mol. The fourth-order valence-corrected chi connectivity index (χ4v) is 2.10. The van der Waals surface area contributed by atoms with Crippen LogP contribution in [0.2, 0.25) is 0 Å².